The number of rotatable bonds is 6. The van der Waals surface area contributed by atoms with Crippen molar-refractivity contribution in [3.05, 3.63) is 48.0 Å². The minimum Gasteiger partial charge on any atom is -0.310 e. The number of benzene rings is 2. The van der Waals surface area contributed by atoms with E-state index < -0.39 is 9.84 Å². The Hall–Kier alpha value is -1.39. The van der Waals surface area contributed by atoms with Crippen LogP contribution in [0.15, 0.2) is 42.5 Å². The normalized spacial score (nSPS) is 15.0. The SMILES string of the molecule is C[C@H](CN[C@H](C)c1cccc2ccccc12)CS(C)(=O)=O. The van der Waals surface area contributed by atoms with Crippen molar-refractivity contribution < 1.29 is 8.42 Å². The Kier molecular flexibility index (Phi) is 5.01. The first-order chi connectivity index (χ1) is 9.87. The Morgan fingerprint density at radius 2 is 1.71 bits per heavy atom. The van der Waals surface area contributed by atoms with Gasteiger partial charge in [0.25, 0.3) is 0 Å². The molecular formula is C17H23NO2S. The fourth-order valence-electron chi connectivity index (χ4n) is 2.69. The van der Waals surface area contributed by atoms with Gasteiger partial charge >= 0.3 is 0 Å². The van der Waals surface area contributed by atoms with E-state index in [1.807, 2.05) is 19.1 Å². The van der Waals surface area contributed by atoms with Gasteiger partial charge in [-0.1, -0.05) is 49.4 Å². The lowest BCUT2D eigenvalue weighted by molar-refractivity contribution is 0.493. The second kappa shape index (κ2) is 6.58. The van der Waals surface area contributed by atoms with Crippen LogP contribution in [0, 0.1) is 5.92 Å². The summed E-state index contributed by atoms with van der Waals surface area (Å²) in [7, 11) is -2.91. The first-order valence-corrected chi connectivity index (χ1v) is 9.31. The van der Waals surface area contributed by atoms with E-state index in [-0.39, 0.29) is 17.7 Å². The maximum atomic E-state index is 11.3. The molecule has 114 valence electrons. The van der Waals surface area contributed by atoms with Gasteiger partial charge in [-0.2, -0.15) is 0 Å². The van der Waals surface area contributed by atoms with Crippen LogP contribution in [0.25, 0.3) is 10.8 Å². The number of hydrogen-bond donors (Lipinski definition) is 1. The zero-order chi connectivity index (χ0) is 15.5. The van der Waals surface area contributed by atoms with E-state index in [0.29, 0.717) is 6.54 Å². The Labute approximate surface area is 127 Å². The first kappa shape index (κ1) is 16.0. The fraction of sp³-hybridized carbons (Fsp3) is 0.412. The summed E-state index contributed by atoms with van der Waals surface area (Å²) >= 11 is 0. The van der Waals surface area contributed by atoms with E-state index in [2.05, 4.69) is 42.6 Å². The number of hydrogen-bond acceptors (Lipinski definition) is 3. The van der Waals surface area contributed by atoms with Gasteiger partial charge in [-0.3, -0.25) is 0 Å². The molecule has 2 atom stereocenters. The van der Waals surface area contributed by atoms with Crippen molar-refractivity contribution in [2.45, 2.75) is 19.9 Å². The summed E-state index contributed by atoms with van der Waals surface area (Å²) in [5, 5.41) is 5.92. The molecule has 3 nitrogen and oxygen atoms in total. The molecule has 0 bridgehead atoms. The van der Waals surface area contributed by atoms with Crippen molar-refractivity contribution in [3.8, 4) is 0 Å². The Morgan fingerprint density at radius 3 is 2.43 bits per heavy atom. The van der Waals surface area contributed by atoms with E-state index in [0.717, 1.165) is 0 Å². The predicted molar refractivity (Wildman–Crippen MR) is 89.2 cm³/mol. The molecule has 0 fully saturated rings. The molecule has 21 heavy (non-hydrogen) atoms. The van der Waals surface area contributed by atoms with Gasteiger partial charge in [0.05, 0.1) is 5.75 Å². The van der Waals surface area contributed by atoms with Crippen LogP contribution >= 0.6 is 0 Å². The third kappa shape index (κ3) is 4.55. The van der Waals surface area contributed by atoms with E-state index in [1.165, 1.54) is 22.6 Å². The first-order valence-electron chi connectivity index (χ1n) is 7.25. The van der Waals surface area contributed by atoms with Gasteiger partial charge in [-0.15, -0.1) is 0 Å². The van der Waals surface area contributed by atoms with Gasteiger partial charge in [0.2, 0.25) is 0 Å². The molecule has 2 rings (SSSR count). The van der Waals surface area contributed by atoms with Crippen molar-refractivity contribution in [1.82, 2.24) is 5.32 Å². The van der Waals surface area contributed by atoms with Crippen molar-refractivity contribution in [2.24, 2.45) is 5.92 Å². The Balaban J connectivity index is 2.07. The average Bonchev–Trinajstić information content (AvgIpc) is 2.42. The molecule has 4 heteroatoms. The van der Waals surface area contributed by atoms with E-state index >= 15 is 0 Å². The minimum atomic E-state index is -2.91. The summed E-state index contributed by atoms with van der Waals surface area (Å²) in [4.78, 5) is 0. The maximum absolute atomic E-state index is 11.3. The average molecular weight is 305 g/mol. The lowest BCUT2D eigenvalue weighted by Gasteiger charge is -2.19. The van der Waals surface area contributed by atoms with Crippen LogP contribution in [0.5, 0.6) is 0 Å². The van der Waals surface area contributed by atoms with Gasteiger partial charge < -0.3 is 5.32 Å². The summed E-state index contributed by atoms with van der Waals surface area (Å²) in [5.74, 6) is 0.333. The highest BCUT2D eigenvalue weighted by Crippen LogP contribution is 2.24. The molecule has 0 aliphatic heterocycles. The lowest BCUT2D eigenvalue weighted by atomic mass is 9.99. The number of sulfone groups is 1. The van der Waals surface area contributed by atoms with Crippen molar-refractivity contribution in [1.29, 1.82) is 0 Å². The minimum absolute atomic E-state index is 0.109. The van der Waals surface area contributed by atoms with Crippen molar-refractivity contribution in [2.75, 3.05) is 18.6 Å². The summed E-state index contributed by atoms with van der Waals surface area (Å²) in [6.07, 6.45) is 1.29. The van der Waals surface area contributed by atoms with Gasteiger partial charge in [-0.05, 0) is 35.7 Å². The molecule has 0 saturated carbocycles. The fourth-order valence-corrected chi connectivity index (χ4v) is 3.84. The third-order valence-electron chi connectivity index (χ3n) is 3.65. The second-order valence-electron chi connectivity index (χ2n) is 5.90. The Bertz CT molecular complexity index is 704. The van der Waals surface area contributed by atoms with Crippen LogP contribution < -0.4 is 5.32 Å². The standard InChI is InChI=1S/C17H23NO2S/c1-13(12-21(3,19)20)11-18-14(2)16-10-6-8-15-7-4-5-9-17(15)16/h4-10,13-14,18H,11-12H2,1-3H3/t13-,14-/m1/s1. The third-order valence-corrected chi connectivity index (χ3v) is 4.82. The van der Waals surface area contributed by atoms with Crippen LogP contribution in [-0.4, -0.2) is 27.0 Å². The molecule has 0 aliphatic rings. The zero-order valence-corrected chi connectivity index (χ0v) is 13.7. The van der Waals surface area contributed by atoms with Gasteiger partial charge in [0.15, 0.2) is 0 Å². The number of nitrogens with one attached hydrogen (secondary N) is 1. The van der Waals surface area contributed by atoms with Gasteiger partial charge in [0.1, 0.15) is 9.84 Å². The largest absolute Gasteiger partial charge is 0.310 e. The molecule has 0 radical (unpaired) electrons. The molecule has 2 aromatic rings. The molecule has 0 unspecified atom stereocenters. The zero-order valence-electron chi connectivity index (χ0n) is 12.8. The highest BCUT2D eigenvalue weighted by molar-refractivity contribution is 7.90. The molecule has 1 N–H and O–H groups in total. The van der Waals surface area contributed by atoms with Crippen LogP contribution in [-0.2, 0) is 9.84 Å². The summed E-state index contributed by atoms with van der Waals surface area (Å²) in [6, 6.07) is 14.8. The topological polar surface area (TPSA) is 46.2 Å². The van der Waals surface area contributed by atoms with E-state index in [1.54, 1.807) is 0 Å². The lowest BCUT2D eigenvalue weighted by Crippen LogP contribution is -2.28. The van der Waals surface area contributed by atoms with Crippen LogP contribution in [0.3, 0.4) is 0 Å². The highest BCUT2D eigenvalue weighted by Gasteiger charge is 2.13. The quantitative estimate of drug-likeness (QED) is 0.891. The van der Waals surface area contributed by atoms with Crippen LogP contribution in [0.2, 0.25) is 0 Å². The molecule has 0 aromatic heterocycles. The van der Waals surface area contributed by atoms with Crippen LogP contribution in [0.1, 0.15) is 25.5 Å². The van der Waals surface area contributed by atoms with E-state index in [9.17, 15) is 8.42 Å². The molecule has 0 spiro atoms. The van der Waals surface area contributed by atoms with E-state index in [4.69, 9.17) is 0 Å². The predicted octanol–water partition coefficient (Wildman–Crippen LogP) is 3.17. The maximum Gasteiger partial charge on any atom is 0.147 e. The molecule has 2 aromatic carbocycles. The summed E-state index contributed by atoms with van der Waals surface area (Å²) in [6.45, 7) is 4.77. The smallest absolute Gasteiger partial charge is 0.147 e. The van der Waals surface area contributed by atoms with Gasteiger partial charge in [-0.25, -0.2) is 8.42 Å². The van der Waals surface area contributed by atoms with Crippen molar-refractivity contribution >= 4 is 20.6 Å². The summed E-state index contributed by atoms with van der Waals surface area (Å²) < 4.78 is 22.6. The molecule has 0 saturated heterocycles. The Morgan fingerprint density at radius 1 is 1.05 bits per heavy atom. The molecule has 0 aliphatic carbocycles. The molecule has 0 heterocycles. The van der Waals surface area contributed by atoms with Crippen molar-refractivity contribution in [3.63, 3.8) is 0 Å². The second-order valence-corrected chi connectivity index (χ2v) is 8.08. The monoisotopic (exact) mass is 305 g/mol. The summed E-state index contributed by atoms with van der Waals surface area (Å²) in [5.41, 5.74) is 1.25. The molecule has 0 amide bonds. The molecular weight excluding hydrogens is 282 g/mol. The van der Waals surface area contributed by atoms with Crippen LogP contribution in [0.4, 0.5) is 0 Å². The highest BCUT2D eigenvalue weighted by atomic mass is 32.2. The van der Waals surface area contributed by atoms with Gasteiger partial charge in [0, 0.05) is 12.3 Å². The number of fused-ring (bicyclic) bond motifs is 1.